The van der Waals surface area contributed by atoms with E-state index in [0.717, 1.165) is 34.9 Å². The monoisotopic (exact) mass is 313 g/mol. The number of hydrogen-bond donors (Lipinski definition) is 1. The van der Waals surface area contributed by atoms with Crippen molar-refractivity contribution in [1.82, 2.24) is 5.32 Å². The number of rotatable bonds is 4. The van der Waals surface area contributed by atoms with Crippen molar-refractivity contribution in [2.75, 3.05) is 23.8 Å². The van der Waals surface area contributed by atoms with E-state index in [2.05, 4.69) is 34.9 Å². The molecule has 0 saturated carbocycles. The fourth-order valence-electron chi connectivity index (χ4n) is 2.25. The van der Waals surface area contributed by atoms with Crippen LogP contribution < -0.4 is 5.32 Å². The zero-order chi connectivity index (χ0) is 13.1. The van der Waals surface area contributed by atoms with E-state index in [1.165, 1.54) is 17.3 Å². The van der Waals surface area contributed by atoms with Crippen molar-refractivity contribution in [2.45, 2.75) is 11.8 Å². The van der Waals surface area contributed by atoms with Gasteiger partial charge in [0, 0.05) is 46.5 Å². The Morgan fingerprint density at radius 2 is 2.21 bits per heavy atom. The first-order valence-electron chi connectivity index (χ1n) is 6.40. The molecule has 1 saturated heterocycles. The molecule has 1 aromatic heterocycles. The predicted octanol–water partition coefficient (Wildman–Crippen LogP) is 4.02. The second-order valence-electron chi connectivity index (χ2n) is 4.55. The molecule has 0 radical (unpaired) electrons. The van der Waals surface area contributed by atoms with Gasteiger partial charge in [0.15, 0.2) is 5.22 Å². The van der Waals surface area contributed by atoms with Crippen LogP contribution in [-0.2, 0) is 6.54 Å². The van der Waals surface area contributed by atoms with Crippen molar-refractivity contribution in [3.05, 3.63) is 35.0 Å². The van der Waals surface area contributed by atoms with Crippen molar-refractivity contribution in [2.24, 2.45) is 0 Å². The van der Waals surface area contributed by atoms with Gasteiger partial charge in [0.05, 0.1) is 0 Å². The van der Waals surface area contributed by atoms with Crippen molar-refractivity contribution < 1.29 is 4.42 Å². The molecule has 1 aliphatic heterocycles. The molecule has 5 heteroatoms. The lowest BCUT2D eigenvalue weighted by Crippen LogP contribution is -2.28. The summed E-state index contributed by atoms with van der Waals surface area (Å²) in [6.45, 7) is 1.81. The maximum Gasteiger partial charge on any atom is 0.199 e. The van der Waals surface area contributed by atoms with E-state index in [4.69, 9.17) is 16.0 Å². The maximum absolute atomic E-state index is 6.17. The average molecular weight is 314 g/mol. The molecule has 3 rings (SSSR count). The van der Waals surface area contributed by atoms with Crippen LogP contribution in [0, 0.1) is 0 Å². The predicted molar refractivity (Wildman–Crippen MR) is 86.5 cm³/mol. The number of thioether (sulfide) groups is 2. The van der Waals surface area contributed by atoms with Crippen LogP contribution in [0.4, 0.5) is 0 Å². The molecule has 0 amide bonds. The van der Waals surface area contributed by atoms with Crippen LogP contribution in [0.25, 0.3) is 11.0 Å². The molecule has 1 N–H and O–H groups in total. The molecule has 1 aromatic carbocycles. The van der Waals surface area contributed by atoms with Crippen molar-refractivity contribution >= 4 is 46.1 Å². The quantitative estimate of drug-likeness (QED) is 0.921. The van der Waals surface area contributed by atoms with E-state index >= 15 is 0 Å². The van der Waals surface area contributed by atoms with Crippen LogP contribution in [0.2, 0.25) is 5.22 Å². The van der Waals surface area contributed by atoms with Crippen molar-refractivity contribution in [1.29, 1.82) is 0 Å². The van der Waals surface area contributed by atoms with E-state index in [1.54, 1.807) is 0 Å². The third-order valence-corrected chi connectivity index (χ3v) is 6.36. The molecule has 19 heavy (non-hydrogen) atoms. The molecule has 0 aliphatic carbocycles. The van der Waals surface area contributed by atoms with Gasteiger partial charge in [0.25, 0.3) is 0 Å². The van der Waals surface area contributed by atoms with Crippen LogP contribution in [-0.4, -0.2) is 29.1 Å². The van der Waals surface area contributed by atoms with Gasteiger partial charge in [-0.3, -0.25) is 0 Å². The van der Waals surface area contributed by atoms with Crippen molar-refractivity contribution in [3.63, 3.8) is 0 Å². The lowest BCUT2D eigenvalue weighted by Gasteiger charge is -2.21. The average Bonchev–Trinajstić information content (AvgIpc) is 2.76. The molecule has 1 fully saturated rings. The highest BCUT2D eigenvalue weighted by molar-refractivity contribution is 8.06. The van der Waals surface area contributed by atoms with Crippen molar-refractivity contribution in [3.8, 4) is 0 Å². The Morgan fingerprint density at radius 3 is 3.05 bits per heavy atom. The molecular formula is C14H16ClNOS2. The highest BCUT2D eigenvalue weighted by Gasteiger charge is 2.15. The fourth-order valence-corrected chi connectivity index (χ4v) is 5.14. The summed E-state index contributed by atoms with van der Waals surface area (Å²) in [7, 11) is 0. The number of fused-ring (bicyclic) bond motifs is 1. The van der Waals surface area contributed by atoms with Crippen LogP contribution in [0.1, 0.15) is 5.56 Å². The number of furan rings is 1. The third-order valence-electron chi connectivity index (χ3n) is 3.21. The molecule has 2 aromatic rings. The normalized spacial score (nSPS) is 19.9. The lowest BCUT2D eigenvalue weighted by molar-refractivity contribution is 0.604. The van der Waals surface area contributed by atoms with Gasteiger partial charge >= 0.3 is 0 Å². The summed E-state index contributed by atoms with van der Waals surface area (Å²) in [5, 5.41) is 5.86. The molecular weight excluding hydrogens is 298 g/mol. The fraction of sp³-hybridized carbons (Fsp3) is 0.429. The van der Waals surface area contributed by atoms with E-state index in [9.17, 15) is 0 Å². The summed E-state index contributed by atoms with van der Waals surface area (Å²) < 4.78 is 5.56. The molecule has 0 bridgehead atoms. The number of benzene rings is 1. The first-order valence-corrected chi connectivity index (χ1v) is 8.98. The Kier molecular flexibility index (Phi) is 4.64. The smallest absolute Gasteiger partial charge is 0.199 e. The minimum absolute atomic E-state index is 0.513. The van der Waals surface area contributed by atoms with E-state index in [0.29, 0.717) is 5.22 Å². The second kappa shape index (κ2) is 6.44. The lowest BCUT2D eigenvalue weighted by atomic mass is 10.2. The second-order valence-corrected chi connectivity index (χ2v) is 7.45. The van der Waals surface area contributed by atoms with Gasteiger partial charge in [-0.1, -0.05) is 18.2 Å². The van der Waals surface area contributed by atoms with Crippen LogP contribution in [0.15, 0.2) is 28.7 Å². The van der Waals surface area contributed by atoms with Crippen LogP contribution in [0.5, 0.6) is 0 Å². The number of para-hydroxylation sites is 1. The molecule has 1 atom stereocenters. The Labute approximate surface area is 126 Å². The highest BCUT2D eigenvalue weighted by atomic mass is 35.5. The van der Waals surface area contributed by atoms with Gasteiger partial charge in [-0.05, 0) is 17.7 Å². The Hall–Kier alpha value is -0.290. The third kappa shape index (κ3) is 3.24. The Bertz CT molecular complexity index is 551. The van der Waals surface area contributed by atoms with Gasteiger partial charge in [0.1, 0.15) is 5.58 Å². The molecule has 2 nitrogen and oxygen atoms in total. The molecule has 2 heterocycles. The molecule has 1 unspecified atom stereocenters. The van der Waals surface area contributed by atoms with Gasteiger partial charge in [-0.2, -0.15) is 23.5 Å². The highest BCUT2D eigenvalue weighted by Crippen LogP contribution is 2.29. The van der Waals surface area contributed by atoms with Gasteiger partial charge in [-0.25, -0.2) is 0 Å². The molecule has 1 aliphatic rings. The maximum atomic E-state index is 6.17. The summed E-state index contributed by atoms with van der Waals surface area (Å²) in [5.41, 5.74) is 1.94. The number of nitrogens with one attached hydrogen (secondary N) is 1. The van der Waals surface area contributed by atoms with E-state index in [-0.39, 0.29) is 0 Å². The first-order chi connectivity index (χ1) is 9.34. The standard InChI is InChI=1S/C14H16ClNOS2/c15-14-12(11-3-1-2-4-13(11)17-14)8-16-7-10-9-18-5-6-19-10/h1-4,10,16H,5-9H2. The molecule has 102 valence electrons. The van der Waals surface area contributed by atoms with Gasteiger partial charge < -0.3 is 9.73 Å². The molecule has 0 spiro atoms. The van der Waals surface area contributed by atoms with E-state index < -0.39 is 0 Å². The summed E-state index contributed by atoms with van der Waals surface area (Å²) in [6.07, 6.45) is 0. The van der Waals surface area contributed by atoms with Gasteiger partial charge in [0.2, 0.25) is 0 Å². The summed E-state index contributed by atoms with van der Waals surface area (Å²) >= 11 is 10.3. The summed E-state index contributed by atoms with van der Waals surface area (Å²) in [6, 6.07) is 8.01. The number of hydrogen-bond acceptors (Lipinski definition) is 4. The van der Waals surface area contributed by atoms with E-state index in [1.807, 2.05) is 18.2 Å². The number of halogens is 1. The Morgan fingerprint density at radius 1 is 1.32 bits per heavy atom. The largest absolute Gasteiger partial charge is 0.444 e. The minimum Gasteiger partial charge on any atom is -0.444 e. The zero-order valence-electron chi connectivity index (χ0n) is 10.5. The first kappa shape index (κ1) is 13.7. The Balaban J connectivity index is 1.63. The van der Waals surface area contributed by atoms with Crippen LogP contribution >= 0.6 is 35.1 Å². The topological polar surface area (TPSA) is 25.2 Å². The minimum atomic E-state index is 0.513. The zero-order valence-corrected chi connectivity index (χ0v) is 12.9. The van der Waals surface area contributed by atoms with Gasteiger partial charge in [-0.15, -0.1) is 0 Å². The SMILES string of the molecule is Clc1oc2ccccc2c1CNCC1CSCCS1. The summed E-state index contributed by atoms with van der Waals surface area (Å²) in [5.74, 6) is 3.81. The van der Waals surface area contributed by atoms with Crippen LogP contribution in [0.3, 0.4) is 0 Å². The summed E-state index contributed by atoms with van der Waals surface area (Å²) in [4.78, 5) is 0.